The molecule has 0 saturated carbocycles. The van der Waals surface area contributed by atoms with E-state index in [1.807, 2.05) is 0 Å². The van der Waals surface area contributed by atoms with Crippen LogP contribution < -0.4 is 5.73 Å². The van der Waals surface area contributed by atoms with Crippen LogP contribution in [-0.2, 0) is 0 Å². The molecule has 2 saturated heterocycles. The van der Waals surface area contributed by atoms with Crippen molar-refractivity contribution in [2.45, 2.75) is 58.4 Å². The second-order valence-corrected chi connectivity index (χ2v) is 8.75. The molecule has 0 amide bonds. The number of nitrogens with two attached hydrogens (primary N) is 1. The SMILES string of the molecule is CC(C)(C)C1CCCN(C2(CN)CCSCC2)CC1. The van der Waals surface area contributed by atoms with Crippen LogP contribution >= 0.6 is 11.8 Å². The summed E-state index contributed by atoms with van der Waals surface area (Å²) in [6, 6.07) is 0. The van der Waals surface area contributed by atoms with E-state index >= 15 is 0 Å². The van der Waals surface area contributed by atoms with Gasteiger partial charge in [-0.3, -0.25) is 4.90 Å². The van der Waals surface area contributed by atoms with E-state index in [-0.39, 0.29) is 0 Å². The zero-order chi connectivity index (χ0) is 13.9. The Morgan fingerprint density at radius 2 is 1.84 bits per heavy atom. The molecule has 1 atom stereocenters. The van der Waals surface area contributed by atoms with Gasteiger partial charge in [0.15, 0.2) is 0 Å². The third-order valence-electron chi connectivity index (χ3n) is 5.43. The van der Waals surface area contributed by atoms with E-state index in [0.29, 0.717) is 11.0 Å². The van der Waals surface area contributed by atoms with E-state index in [4.69, 9.17) is 5.73 Å². The summed E-state index contributed by atoms with van der Waals surface area (Å²) in [5.41, 5.74) is 6.99. The smallest absolute Gasteiger partial charge is 0.0347 e. The van der Waals surface area contributed by atoms with Gasteiger partial charge in [-0.25, -0.2) is 0 Å². The van der Waals surface area contributed by atoms with Gasteiger partial charge in [-0.05, 0) is 68.0 Å². The average Bonchev–Trinajstić information content (AvgIpc) is 2.65. The van der Waals surface area contributed by atoms with Gasteiger partial charge in [0.25, 0.3) is 0 Å². The number of hydrogen-bond donors (Lipinski definition) is 1. The molecule has 2 fully saturated rings. The summed E-state index contributed by atoms with van der Waals surface area (Å²) in [5, 5.41) is 0. The number of likely N-dealkylation sites (tertiary alicyclic amines) is 1. The molecule has 0 aromatic rings. The van der Waals surface area contributed by atoms with Crippen molar-refractivity contribution in [1.82, 2.24) is 4.90 Å². The predicted octanol–water partition coefficient (Wildman–Crippen LogP) is 3.36. The van der Waals surface area contributed by atoms with E-state index in [1.54, 1.807) is 0 Å². The molecule has 2 rings (SSSR count). The van der Waals surface area contributed by atoms with Crippen LogP contribution in [0.15, 0.2) is 0 Å². The third-order valence-corrected chi connectivity index (χ3v) is 6.41. The van der Waals surface area contributed by atoms with Crippen molar-refractivity contribution in [3.8, 4) is 0 Å². The number of rotatable bonds is 2. The molecular formula is C16H32N2S. The molecule has 0 bridgehead atoms. The van der Waals surface area contributed by atoms with E-state index < -0.39 is 0 Å². The molecule has 112 valence electrons. The number of thioether (sulfide) groups is 1. The average molecular weight is 285 g/mol. The van der Waals surface area contributed by atoms with Gasteiger partial charge in [0.2, 0.25) is 0 Å². The molecule has 0 radical (unpaired) electrons. The highest BCUT2D eigenvalue weighted by atomic mass is 32.2. The van der Waals surface area contributed by atoms with Crippen LogP contribution in [0.1, 0.15) is 52.9 Å². The molecule has 0 aliphatic carbocycles. The summed E-state index contributed by atoms with van der Waals surface area (Å²) in [6.45, 7) is 10.6. The zero-order valence-electron chi connectivity index (χ0n) is 13.1. The molecular weight excluding hydrogens is 252 g/mol. The van der Waals surface area contributed by atoms with Gasteiger partial charge >= 0.3 is 0 Å². The maximum atomic E-state index is 6.19. The van der Waals surface area contributed by atoms with Crippen molar-refractivity contribution in [3.05, 3.63) is 0 Å². The third kappa shape index (κ3) is 3.68. The summed E-state index contributed by atoms with van der Waals surface area (Å²) in [4.78, 5) is 2.76. The lowest BCUT2D eigenvalue weighted by molar-refractivity contribution is 0.0843. The summed E-state index contributed by atoms with van der Waals surface area (Å²) in [6.07, 6.45) is 6.72. The first kappa shape index (κ1) is 15.7. The van der Waals surface area contributed by atoms with Crippen molar-refractivity contribution in [2.24, 2.45) is 17.1 Å². The van der Waals surface area contributed by atoms with Crippen LogP contribution in [-0.4, -0.2) is 41.6 Å². The van der Waals surface area contributed by atoms with Gasteiger partial charge in [0, 0.05) is 12.1 Å². The fourth-order valence-electron chi connectivity index (χ4n) is 3.84. The van der Waals surface area contributed by atoms with Crippen LogP contribution in [0.2, 0.25) is 0 Å². The minimum absolute atomic E-state index is 0.331. The lowest BCUT2D eigenvalue weighted by Gasteiger charge is -2.45. The maximum Gasteiger partial charge on any atom is 0.0347 e. The highest BCUT2D eigenvalue weighted by Crippen LogP contribution is 2.38. The van der Waals surface area contributed by atoms with Gasteiger partial charge < -0.3 is 5.73 Å². The fraction of sp³-hybridized carbons (Fsp3) is 1.00. The van der Waals surface area contributed by atoms with Crippen LogP contribution in [0.5, 0.6) is 0 Å². The fourth-order valence-corrected chi connectivity index (χ4v) is 5.09. The lowest BCUT2D eigenvalue weighted by atomic mass is 9.76. The van der Waals surface area contributed by atoms with Crippen molar-refractivity contribution >= 4 is 11.8 Å². The van der Waals surface area contributed by atoms with E-state index in [0.717, 1.165) is 12.5 Å². The molecule has 3 heteroatoms. The van der Waals surface area contributed by atoms with Gasteiger partial charge in [0.1, 0.15) is 0 Å². The van der Waals surface area contributed by atoms with Crippen molar-refractivity contribution in [3.63, 3.8) is 0 Å². The second kappa shape index (κ2) is 6.36. The molecule has 2 heterocycles. The Kier molecular flexibility index (Phi) is 5.24. The summed E-state index contributed by atoms with van der Waals surface area (Å²) in [5.74, 6) is 3.48. The molecule has 19 heavy (non-hydrogen) atoms. The van der Waals surface area contributed by atoms with Crippen LogP contribution in [0.3, 0.4) is 0 Å². The topological polar surface area (TPSA) is 29.3 Å². The van der Waals surface area contributed by atoms with Crippen LogP contribution in [0, 0.1) is 11.3 Å². The normalized spacial score (nSPS) is 30.0. The van der Waals surface area contributed by atoms with Crippen molar-refractivity contribution < 1.29 is 0 Å². The molecule has 0 aromatic heterocycles. The van der Waals surface area contributed by atoms with Crippen LogP contribution in [0.25, 0.3) is 0 Å². The number of hydrogen-bond acceptors (Lipinski definition) is 3. The first-order chi connectivity index (χ1) is 8.98. The minimum Gasteiger partial charge on any atom is -0.329 e. The number of nitrogens with zero attached hydrogens (tertiary/aromatic N) is 1. The van der Waals surface area contributed by atoms with Crippen LogP contribution in [0.4, 0.5) is 0 Å². The minimum atomic E-state index is 0.331. The first-order valence-electron chi connectivity index (χ1n) is 8.01. The van der Waals surface area contributed by atoms with E-state index in [1.165, 1.54) is 56.7 Å². The maximum absolute atomic E-state index is 6.19. The summed E-state index contributed by atoms with van der Waals surface area (Å²) < 4.78 is 0. The van der Waals surface area contributed by atoms with E-state index in [9.17, 15) is 0 Å². The summed E-state index contributed by atoms with van der Waals surface area (Å²) in [7, 11) is 0. The highest BCUT2D eigenvalue weighted by molar-refractivity contribution is 7.99. The largest absolute Gasteiger partial charge is 0.329 e. The first-order valence-corrected chi connectivity index (χ1v) is 9.16. The highest BCUT2D eigenvalue weighted by Gasteiger charge is 2.38. The Balaban J connectivity index is 2.01. The van der Waals surface area contributed by atoms with Crippen molar-refractivity contribution in [2.75, 3.05) is 31.1 Å². The molecule has 2 aliphatic rings. The molecule has 0 aromatic carbocycles. The van der Waals surface area contributed by atoms with Crippen molar-refractivity contribution in [1.29, 1.82) is 0 Å². The molecule has 2 aliphatic heterocycles. The molecule has 0 spiro atoms. The summed E-state index contributed by atoms with van der Waals surface area (Å²) >= 11 is 2.10. The second-order valence-electron chi connectivity index (χ2n) is 7.52. The van der Waals surface area contributed by atoms with Gasteiger partial charge in [-0.1, -0.05) is 20.8 Å². The Morgan fingerprint density at radius 3 is 2.42 bits per heavy atom. The zero-order valence-corrected chi connectivity index (χ0v) is 13.9. The Hall–Kier alpha value is 0.270. The van der Waals surface area contributed by atoms with Gasteiger partial charge in [-0.2, -0.15) is 11.8 Å². The standard InChI is InChI=1S/C16H32N2S/c1-15(2,3)14-5-4-9-18(10-6-14)16(13-17)7-11-19-12-8-16/h14H,4-13,17H2,1-3H3. The van der Waals surface area contributed by atoms with E-state index in [2.05, 4.69) is 37.4 Å². The Labute approximate surface area is 123 Å². The van der Waals surface area contributed by atoms with Gasteiger partial charge in [-0.15, -0.1) is 0 Å². The molecule has 2 nitrogen and oxygen atoms in total. The Morgan fingerprint density at radius 1 is 1.16 bits per heavy atom. The molecule has 1 unspecified atom stereocenters. The predicted molar refractivity (Wildman–Crippen MR) is 86.7 cm³/mol. The lowest BCUT2D eigenvalue weighted by Crippen LogP contribution is -2.56. The Bertz CT molecular complexity index is 279. The monoisotopic (exact) mass is 284 g/mol. The molecule has 2 N–H and O–H groups in total. The quantitative estimate of drug-likeness (QED) is 0.843. The van der Waals surface area contributed by atoms with Gasteiger partial charge in [0.05, 0.1) is 0 Å².